The van der Waals surface area contributed by atoms with Crippen LogP contribution in [0.15, 0.2) is 6.20 Å². The van der Waals surface area contributed by atoms with Gasteiger partial charge in [-0.25, -0.2) is 4.98 Å². The molecule has 1 N–H and O–H groups in total. The van der Waals surface area contributed by atoms with Gasteiger partial charge in [-0.15, -0.1) is 5.10 Å². The first kappa shape index (κ1) is 10.6. The number of halogens is 3. The van der Waals surface area contributed by atoms with E-state index in [0.29, 0.717) is 5.52 Å². The average molecular weight is 233 g/mol. The summed E-state index contributed by atoms with van der Waals surface area (Å²) in [7, 11) is 0. The van der Waals surface area contributed by atoms with Crippen molar-refractivity contribution in [2.24, 2.45) is 0 Å². The van der Waals surface area contributed by atoms with E-state index in [0.717, 1.165) is 6.92 Å². The first-order chi connectivity index (χ1) is 7.47. The highest BCUT2D eigenvalue weighted by Crippen LogP contribution is 2.23. The van der Waals surface area contributed by atoms with E-state index in [9.17, 15) is 13.2 Å². The molecular weight excluding hydrogens is 227 g/mol. The number of fused-ring (bicyclic) bond motifs is 1. The van der Waals surface area contributed by atoms with Gasteiger partial charge in [-0.2, -0.15) is 18.2 Å². The molecule has 1 atom stereocenters. The zero-order valence-corrected chi connectivity index (χ0v) is 7.99. The fraction of sp³-hybridized carbons (Fsp3) is 0.429. The monoisotopic (exact) mass is 233 g/mol. The molecule has 9 heteroatoms. The molecule has 0 fully saturated rings. The van der Waals surface area contributed by atoms with Gasteiger partial charge in [0.1, 0.15) is 5.52 Å². The molecule has 0 saturated carbocycles. The lowest BCUT2D eigenvalue weighted by Crippen LogP contribution is -2.31. The Labute approximate surface area is 86.8 Å². The lowest BCUT2D eigenvalue weighted by Gasteiger charge is -2.15. The van der Waals surface area contributed by atoms with Crippen LogP contribution >= 0.6 is 0 Å². The van der Waals surface area contributed by atoms with Crippen molar-refractivity contribution in [2.45, 2.75) is 19.2 Å². The summed E-state index contributed by atoms with van der Waals surface area (Å²) in [5.74, 6) is 0. The van der Waals surface area contributed by atoms with Gasteiger partial charge in [-0.1, -0.05) is 5.21 Å². The summed E-state index contributed by atoms with van der Waals surface area (Å²) in [5.41, 5.74) is 0.575. The molecule has 0 bridgehead atoms. The highest BCUT2D eigenvalue weighted by Gasteiger charge is 2.38. The fourth-order valence-corrected chi connectivity index (χ4v) is 0.920. The van der Waals surface area contributed by atoms with Crippen LogP contribution in [0.2, 0.25) is 0 Å². The van der Waals surface area contributed by atoms with Gasteiger partial charge < -0.3 is 4.74 Å². The Balaban J connectivity index is 2.21. The van der Waals surface area contributed by atoms with Crippen LogP contribution in [0, 0.1) is 0 Å². The molecule has 0 saturated heterocycles. The average Bonchev–Trinajstić information content (AvgIpc) is 2.63. The summed E-state index contributed by atoms with van der Waals surface area (Å²) in [4.78, 5) is 7.24. The maximum atomic E-state index is 12.2. The van der Waals surface area contributed by atoms with Crippen LogP contribution in [-0.4, -0.2) is 37.7 Å². The van der Waals surface area contributed by atoms with E-state index in [2.05, 4.69) is 30.1 Å². The van der Waals surface area contributed by atoms with Crippen molar-refractivity contribution in [3.05, 3.63) is 6.20 Å². The molecule has 2 rings (SSSR count). The molecule has 6 nitrogen and oxygen atoms in total. The number of hydrogen-bond acceptors (Lipinski definition) is 5. The molecular formula is C7H6F3N5O. The summed E-state index contributed by atoms with van der Waals surface area (Å²) in [6.45, 7) is 0.871. The van der Waals surface area contributed by atoms with E-state index >= 15 is 0 Å². The van der Waals surface area contributed by atoms with Crippen LogP contribution < -0.4 is 4.74 Å². The minimum Gasteiger partial charge on any atom is -0.451 e. The molecule has 0 amide bonds. The van der Waals surface area contributed by atoms with E-state index in [1.54, 1.807) is 0 Å². The minimum atomic E-state index is -4.46. The highest BCUT2D eigenvalue weighted by molar-refractivity contribution is 5.67. The molecule has 86 valence electrons. The third-order valence-corrected chi connectivity index (χ3v) is 1.80. The number of aromatic amines is 1. The van der Waals surface area contributed by atoms with Crippen molar-refractivity contribution in [3.8, 4) is 6.01 Å². The highest BCUT2D eigenvalue weighted by atomic mass is 19.4. The van der Waals surface area contributed by atoms with Crippen molar-refractivity contribution in [2.75, 3.05) is 0 Å². The van der Waals surface area contributed by atoms with Crippen molar-refractivity contribution in [3.63, 3.8) is 0 Å². The lowest BCUT2D eigenvalue weighted by molar-refractivity contribution is -0.190. The summed E-state index contributed by atoms with van der Waals surface area (Å²) < 4.78 is 41.0. The third kappa shape index (κ3) is 2.02. The summed E-state index contributed by atoms with van der Waals surface area (Å²) in [6, 6.07) is -0.383. The number of aromatic nitrogens is 5. The zero-order valence-electron chi connectivity index (χ0n) is 7.99. The van der Waals surface area contributed by atoms with Gasteiger partial charge >= 0.3 is 12.2 Å². The Morgan fingerprint density at radius 2 is 2.19 bits per heavy atom. The predicted molar refractivity (Wildman–Crippen MR) is 45.6 cm³/mol. The van der Waals surface area contributed by atoms with Gasteiger partial charge in [-0.3, -0.25) is 5.10 Å². The molecule has 0 aliphatic heterocycles. The number of alkyl halides is 3. The van der Waals surface area contributed by atoms with E-state index in [1.165, 1.54) is 6.20 Å². The van der Waals surface area contributed by atoms with Crippen LogP contribution in [0.5, 0.6) is 6.01 Å². The molecule has 0 unspecified atom stereocenters. The van der Waals surface area contributed by atoms with Crippen LogP contribution in [0.1, 0.15) is 6.92 Å². The van der Waals surface area contributed by atoms with E-state index in [1.807, 2.05) is 0 Å². The van der Waals surface area contributed by atoms with Gasteiger partial charge in [0, 0.05) is 0 Å². The SMILES string of the molecule is C[C@H](Oc1ncc2[nH]nnc2n1)C(F)(F)F. The first-order valence-electron chi connectivity index (χ1n) is 4.24. The molecule has 0 radical (unpaired) electrons. The van der Waals surface area contributed by atoms with E-state index in [4.69, 9.17) is 0 Å². The lowest BCUT2D eigenvalue weighted by atomic mass is 10.4. The van der Waals surface area contributed by atoms with Gasteiger partial charge in [0.25, 0.3) is 0 Å². The summed E-state index contributed by atoms with van der Waals surface area (Å²) >= 11 is 0. The first-order valence-corrected chi connectivity index (χ1v) is 4.24. The number of nitrogens with one attached hydrogen (secondary N) is 1. The second-order valence-corrected chi connectivity index (χ2v) is 3.00. The minimum absolute atomic E-state index is 0.152. The molecule has 0 aliphatic rings. The Morgan fingerprint density at radius 1 is 1.44 bits per heavy atom. The Kier molecular flexibility index (Phi) is 2.37. The van der Waals surface area contributed by atoms with Crippen molar-refractivity contribution < 1.29 is 17.9 Å². The summed E-state index contributed by atoms with van der Waals surface area (Å²) in [5, 5.41) is 9.41. The number of rotatable bonds is 2. The molecule has 0 spiro atoms. The standard InChI is InChI=1S/C7H6F3N5O/c1-3(7(8,9)10)16-6-11-2-4-5(12-6)14-15-13-4/h2-3H,1H3,(H,11,12,13,14,15)/t3-/m0/s1. The topological polar surface area (TPSA) is 76.6 Å². The normalized spacial score (nSPS) is 14.0. The Bertz CT molecular complexity index is 496. The maximum Gasteiger partial charge on any atom is 0.425 e. The largest absolute Gasteiger partial charge is 0.451 e. The number of H-pyrrole nitrogens is 1. The van der Waals surface area contributed by atoms with Crippen molar-refractivity contribution >= 4 is 11.2 Å². The van der Waals surface area contributed by atoms with Gasteiger partial charge in [0.15, 0.2) is 6.10 Å². The van der Waals surface area contributed by atoms with Gasteiger partial charge in [0.2, 0.25) is 5.65 Å². The van der Waals surface area contributed by atoms with Gasteiger partial charge in [-0.05, 0) is 6.92 Å². The van der Waals surface area contributed by atoms with Crippen LogP contribution in [0.4, 0.5) is 13.2 Å². The third-order valence-electron chi connectivity index (χ3n) is 1.80. The van der Waals surface area contributed by atoms with Crippen LogP contribution in [0.3, 0.4) is 0 Å². The van der Waals surface area contributed by atoms with Crippen LogP contribution in [0.25, 0.3) is 11.2 Å². The van der Waals surface area contributed by atoms with Crippen molar-refractivity contribution in [1.29, 1.82) is 0 Å². The molecule has 2 aromatic heterocycles. The Hall–Kier alpha value is -1.93. The zero-order chi connectivity index (χ0) is 11.8. The number of hydrogen-bond donors (Lipinski definition) is 1. The number of nitrogens with zero attached hydrogens (tertiary/aromatic N) is 4. The second kappa shape index (κ2) is 3.58. The fourth-order valence-electron chi connectivity index (χ4n) is 0.920. The molecule has 2 aromatic rings. The maximum absolute atomic E-state index is 12.2. The second-order valence-electron chi connectivity index (χ2n) is 3.00. The number of ether oxygens (including phenoxy) is 1. The smallest absolute Gasteiger partial charge is 0.425 e. The van der Waals surface area contributed by atoms with Crippen molar-refractivity contribution in [1.82, 2.24) is 25.4 Å². The van der Waals surface area contributed by atoms with Crippen LogP contribution in [-0.2, 0) is 0 Å². The van der Waals surface area contributed by atoms with Gasteiger partial charge in [0.05, 0.1) is 6.20 Å². The van der Waals surface area contributed by atoms with E-state index < -0.39 is 12.3 Å². The quantitative estimate of drug-likeness (QED) is 0.839. The summed E-state index contributed by atoms with van der Waals surface area (Å²) in [6.07, 6.45) is -5.18. The molecule has 0 aliphatic carbocycles. The predicted octanol–water partition coefficient (Wildman–Crippen LogP) is 1.08. The molecule has 2 heterocycles. The Morgan fingerprint density at radius 3 is 2.88 bits per heavy atom. The van der Waals surface area contributed by atoms with E-state index in [-0.39, 0.29) is 11.7 Å². The molecule has 0 aromatic carbocycles. The molecule has 16 heavy (non-hydrogen) atoms.